The summed E-state index contributed by atoms with van der Waals surface area (Å²) in [5.41, 5.74) is 0.863. The molecule has 6 heteroatoms. The molecule has 1 atom stereocenters. The minimum Gasteiger partial charge on any atom is -0.396 e. The highest BCUT2D eigenvalue weighted by atomic mass is 19.1. The summed E-state index contributed by atoms with van der Waals surface area (Å²) >= 11 is 0. The Bertz CT molecular complexity index is 659. The maximum atomic E-state index is 13.3. The predicted molar refractivity (Wildman–Crippen MR) is 100 cm³/mol. The number of likely N-dealkylation sites (tertiary alicyclic amines) is 2. The topological polar surface area (TPSA) is 60.9 Å². The first-order chi connectivity index (χ1) is 13.1. The molecule has 27 heavy (non-hydrogen) atoms. The van der Waals surface area contributed by atoms with Crippen molar-refractivity contribution in [2.45, 2.75) is 38.5 Å². The van der Waals surface area contributed by atoms with Crippen molar-refractivity contribution in [3.63, 3.8) is 0 Å². The van der Waals surface area contributed by atoms with Crippen molar-refractivity contribution in [3.8, 4) is 0 Å². The lowest BCUT2D eigenvalue weighted by atomic mass is 9.91. The van der Waals surface area contributed by atoms with Gasteiger partial charge in [-0.3, -0.25) is 9.59 Å². The number of hydrogen-bond acceptors (Lipinski definition) is 3. The summed E-state index contributed by atoms with van der Waals surface area (Å²) in [7, 11) is 0. The van der Waals surface area contributed by atoms with E-state index < -0.39 is 0 Å². The SMILES string of the molecule is O=C1CC[C@H](C(=O)N2CCC(CCO)CC2)CN1CCc1cccc(F)c1. The monoisotopic (exact) mass is 376 g/mol. The van der Waals surface area contributed by atoms with Crippen LogP contribution in [0.3, 0.4) is 0 Å². The highest BCUT2D eigenvalue weighted by Crippen LogP contribution is 2.25. The number of nitrogens with zero attached hydrogens (tertiary/aromatic N) is 2. The Balaban J connectivity index is 1.52. The van der Waals surface area contributed by atoms with Gasteiger partial charge in [0.2, 0.25) is 11.8 Å². The number of aliphatic hydroxyl groups excluding tert-OH is 1. The molecule has 3 rings (SSSR count). The van der Waals surface area contributed by atoms with Crippen LogP contribution in [0.2, 0.25) is 0 Å². The Hall–Kier alpha value is -1.95. The fourth-order valence-corrected chi connectivity index (χ4v) is 4.17. The zero-order chi connectivity index (χ0) is 19.2. The zero-order valence-corrected chi connectivity index (χ0v) is 15.8. The van der Waals surface area contributed by atoms with Crippen molar-refractivity contribution < 1.29 is 19.1 Å². The van der Waals surface area contributed by atoms with Crippen molar-refractivity contribution in [2.75, 3.05) is 32.8 Å². The van der Waals surface area contributed by atoms with Gasteiger partial charge in [0.15, 0.2) is 0 Å². The molecule has 2 aliphatic rings. The summed E-state index contributed by atoms with van der Waals surface area (Å²) in [5.74, 6) is 0.340. The van der Waals surface area contributed by atoms with Crippen LogP contribution in [0.15, 0.2) is 24.3 Å². The van der Waals surface area contributed by atoms with E-state index in [4.69, 9.17) is 5.11 Å². The molecule has 2 aliphatic heterocycles. The molecule has 5 nitrogen and oxygen atoms in total. The molecule has 148 valence electrons. The van der Waals surface area contributed by atoms with Gasteiger partial charge in [-0.05, 0) is 55.7 Å². The molecule has 0 bridgehead atoms. The molecule has 0 unspecified atom stereocenters. The van der Waals surface area contributed by atoms with E-state index in [-0.39, 0.29) is 30.2 Å². The molecule has 1 aromatic rings. The lowest BCUT2D eigenvalue weighted by Crippen LogP contribution is -2.49. The van der Waals surface area contributed by atoms with Gasteiger partial charge in [-0.15, -0.1) is 0 Å². The number of carbonyl (C=O) groups is 2. The molecule has 0 saturated carbocycles. The van der Waals surface area contributed by atoms with E-state index >= 15 is 0 Å². The molecule has 0 radical (unpaired) electrons. The largest absolute Gasteiger partial charge is 0.396 e. The fourth-order valence-electron chi connectivity index (χ4n) is 4.17. The van der Waals surface area contributed by atoms with Gasteiger partial charge < -0.3 is 14.9 Å². The number of hydrogen-bond donors (Lipinski definition) is 1. The molecule has 1 N–H and O–H groups in total. The van der Waals surface area contributed by atoms with Crippen molar-refractivity contribution in [2.24, 2.45) is 11.8 Å². The molecular weight excluding hydrogens is 347 g/mol. The first-order valence-electron chi connectivity index (χ1n) is 9.98. The van der Waals surface area contributed by atoms with Crippen LogP contribution in [0.1, 0.15) is 37.7 Å². The molecule has 0 aliphatic carbocycles. The molecule has 1 aromatic carbocycles. The minimum absolute atomic E-state index is 0.0807. The van der Waals surface area contributed by atoms with Crippen LogP contribution in [0.5, 0.6) is 0 Å². The van der Waals surface area contributed by atoms with Gasteiger partial charge in [0.05, 0.1) is 5.92 Å². The Kier molecular flexibility index (Phi) is 6.83. The van der Waals surface area contributed by atoms with Crippen LogP contribution in [0.4, 0.5) is 4.39 Å². The Morgan fingerprint density at radius 3 is 2.70 bits per heavy atom. The van der Waals surface area contributed by atoms with E-state index in [1.165, 1.54) is 12.1 Å². The summed E-state index contributed by atoms with van der Waals surface area (Å²) in [5, 5.41) is 9.06. The average molecular weight is 376 g/mol. The highest BCUT2D eigenvalue weighted by molar-refractivity contribution is 5.84. The third kappa shape index (κ3) is 5.28. The van der Waals surface area contributed by atoms with Crippen LogP contribution in [-0.2, 0) is 16.0 Å². The van der Waals surface area contributed by atoms with E-state index in [1.807, 2.05) is 11.0 Å². The highest BCUT2D eigenvalue weighted by Gasteiger charge is 2.33. The summed E-state index contributed by atoms with van der Waals surface area (Å²) in [6.45, 7) is 2.69. The second-order valence-corrected chi connectivity index (χ2v) is 7.74. The van der Waals surface area contributed by atoms with Gasteiger partial charge in [0.1, 0.15) is 5.82 Å². The first-order valence-corrected chi connectivity index (χ1v) is 9.98. The summed E-state index contributed by atoms with van der Waals surface area (Å²) in [6.07, 6.45) is 4.32. The number of halogens is 1. The number of benzene rings is 1. The maximum Gasteiger partial charge on any atom is 0.227 e. The van der Waals surface area contributed by atoms with E-state index in [1.54, 1.807) is 11.0 Å². The zero-order valence-electron chi connectivity index (χ0n) is 15.8. The number of aliphatic hydroxyl groups is 1. The predicted octanol–water partition coefficient (Wildman–Crippen LogP) is 2.23. The maximum absolute atomic E-state index is 13.3. The number of piperidine rings is 2. The number of carbonyl (C=O) groups excluding carboxylic acids is 2. The number of amides is 2. The minimum atomic E-state index is -0.268. The second-order valence-electron chi connectivity index (χ2n) is 7.74. The van der Waals surface area contributed by atoms with Crippen molar-refractivity contribution in [1.82, 2.24) is 9.80 Å². The molecule has 2 amide bonds. The molecule has 0 aromatic heterocycles. The summed E-state index contributed by atoms with van der Waals surface area (Å²) in [4.78, 5) is 28.8. The second kappa shape index (κ2) is 9.31. The smallest absolute Gasteiger partial charge is 0.227 e. The normalized spacial score (nSPS) is 21.6. The van der Waals surface area contributed by atoms with E-state index in [0.29, 0.717) is 38.3 Å². The Morgan fingerprint density at radius 2 is 2.00 bits per heavy atom. The third-order valence-electron chi connectivity index (χ3n) is 5.87. The van der Waals surface area contributed by atoms with E-state index in [2.05, 4.69) is 0 Å². The average Bonchev–Trinajstić information content (AvgIpc) is 2.68. The molecule has 2 saturated heterocycles. The fraction of sp³-hybridized carbons (Fsp3) is 0.619. The van der Waals surface area contributed by atoms with Gasteiger partial charge in [-0.1, -0.05) is 12.1 Å². The van der Waals surface area contributed by atoms with Crippen LogP contribution >= 0.6 is 0 Å². The molecule has 2 heterocycles. The third-order valence-corrected chi connectivity index (χ3v) is 5.87. The van der Waals surface area contributed by atoms with E-state index in [0.717, 1.165) is 37.9 Å². The van der Waals surface area contributed by atoms with Crippen LogP contribution in [0, 0.1) is 17.7 Å². The van der Waals surface area contributed by atoms with Crippen molar-refractivity contribution in [3.05, 3.63) is 35.6 Å². The quantitative estimate of drug-likeness (QED) is 0.828. The van der Waals surface area contributed by atoms with Gasteiger partial charge in [0.25, 0.3) is 0 Å². The van der Waals surface area contributed by atoms with Crippen molar-refractivity contribution in [1.29, 1.82) is 0 Å². The Labute approximate surface area is 160 Å². The van der Waals surface area contributed by atoms with E-state index in [9.17, 15) is 14.0 Å². The number of rotatable bonds is 6. The van der Waals surface area contributed by atoms with Crippen LogP contribution < -0.4 is 0 Å². The van der Waals surface area contributed by atoms with Crippen molar-refractivity contribution >= 4 is 11.8 Å². The van der Waals surface area contributed by atoms with Crippen LogP contribution in [0.25, 0.3) is 0 Å². The molecule has 0 spiro atoms. The first kappa shape index (κ1) is 19.8. The van der Waals surface area contributed by atoms with Gasteiger partial charge in [0, 0.05) is 39.2 Å². The lowest BCUT2D eigenvalue weighted by Gasteiger charge is -2.37. The standard InChI is InChI=1S/C21H29FN2O3/c22-19-3-1-2-17(14-19)8-12-24-15-18(4-5-20(24)26)21(27)23-10-6-16(7-11-23)9-13-25/h1-3,14,16,18,25H,4-13,15H2/t18-/m0/s1. The van der Waals surface area contributed by atoms with Crippen LogP contribution in [-0.4, -0.2) is 59.5 Å². The summed E-state index contributed by atoms with van der Waals surface area (Å²) < 4.78 is 13.3. The molecular formula is C21H29FN2O3. The van der Waals surface area contributed by atoms with Gasteiger partial charge in [-0.25, -0.2) is 4.39 Å². The molecule has 2 fully saturated rings. The summed E-state index contributed by atoms with van der Waals surface area (Å²) in [6, 6.07) is 6.44. The van der Waals surface area contributed by atoms with Gasteiger partial charge >= 0.3 is 0 Å². The van der Waals surface area contributed by atoms with Gasteiger partial charge in [-0.2, -0.15) is 0 Å². The Morgan fingerprint density at radius 1 is 1.22 bits per heavy atom. The lowest BCUT2D eigenvalue weighted by molar-refractivity contribution is -0.144.